The molecule has 0 bridgehead atoms. The number of amides is 1. The average Bonchev–Trinajstić information content (AvgIpc) is 3.24. The lowest BCUT2D eigenvalue weighted by atomic mass is 10.3. The average molecular weight is 456 g/mol. The van der Waals surface area contributed by atoms with Crippen LogP contribution in [0, 0.1) is 5.82 Å². The van der Waals surface area contributed by atoms with Crippen molar-refractivity contribution in [1.29, 1.82) is 0 Å². The van der Waals surface area contributed by atoms with Gasteiger partial charge < -0.3 is 4.57 Å². The predicted octanol–water partition coefficient (Wildman–Crippen LogP) is 5.61. The maximum Gasteiger partial charge on any atom is 0.266 e. The molecule has 1 aliphatic heterocycles. The third kappa shape index (κ3) is 3.81. The Balaban J connectivity index is 1.66. The van der Waals surface area contributed by atoms with Crippen molar-refractivity contribution in [3.05, 3.63) is 87.7 Å². The van der Waals surface area contributed by atoms with Crippen molar-refractivity contribution in [2.24, 2.45) is 4.99 Å². The molecule has 0 aliphatic carbocycles. The fourth-order valence-corrected chi connectivity index (χ4v) is 4.14. The third-order valence-electron chi connectivity index (χ3n) is 4.20. The highest BCUT2D eigenvalue weighted by atomic mass is 79.9. The minimum atomic E-state index is -0.318. The number of hydrogen-bond donors (Lipinski definition) is 0. The van der Waals surface area contributed by atoms with Crippen LogP contribution in [0.1, 0.15) is 5.69 Å². The van der Waals surface area contributed by atoms with Gasteiger partial charge in [0.15, 0.2) is 5.17 Å². The van der Waals surface area contributed by atoms with E-state index in [1.54, 1.807) is 19.2 Å². The molecule has 1 amide bonds. The summed E-state index contributed by atoms with van der Waals surface area (Å²) in [6.45, 7) is 0. The fraction of sp³-hybridized carbons (Fsp3) is 0.0476. The van der Waals surface area contributed by atoms with E-state index < -0.39 is 0 Å². The number of carbonyl (C=O) groups excluding carboxylic acids is 1. The predicted molar refractivity (Wildman–Crippen MR) is 115 cm³/mol. The number of nitrogens with zero attached hydrogens (tertiary/aromatic N) is 3. The monoisotopic (exact) mass is 455 g/mol. The Kier molecular flexibility index (Phi) is 5.19. The van der Waals surface area contributed by atoms with Crippen LogP contribution in [0.15, 0.2) is 81.2 Å². The number of hydrogen-bond acceptors (Lipinski definition) is 3. The van der Waals surface area contributed by atoms with Gasteiger partial charge in [-0.3, -0.25) is 9.69 Å². The summed E-state index contributed by atoms with van der Waals surface area (Å²) < 4.78 is 16.1. The van der Waals surface area contributed by atoms with Gasteiger partial charge in [-0.25, -0.2) is 9.38 Å². The Hall–Kier alpha value is -2.64. The number of amidine groups is 1. The zero-order valence-corrected chi connectivity index (χ0v) is 17.2. The van der Waals surface area contributed by atoms with Gasteiger partial charge in [0.2, 0.25) is 0 Å². The Morgan fingerprint density at radius 2 is 1.89 bits per heavy atom. The number of thioether (sulfide) groups is 1. The molecule has 28 heavy (non-hydrogen) atoms. The maximum atomic E-state index is 13.1. The van der Waals surface area contributed by atoms with Crippen molar-refractivity contribution in [3.63, 3.8) is 0 Å². The van der Waals surface area contributed by atoms with Gasteiger partial charge in [-0.1, -0.05) is 22.0 Å². The number of aromatic nitrogens is 1. The van der Waals surface area contributed by atoms with Crippen molar-refractivity contribution < 1.29 is 9.18 Å². The summed E-state index contributed by atoms with van der Waals surface area (Å²) in [6, 6.07) is 17.7. The van der Waals surface area contributed by atoms with Crippen LogP contribution < -0.4 is 0 Å². The summed E-state index contributed by atoms with van der Waals surface area (Å²) in [6.07, 6.45) is 3.81. The summed E-state index contributed by atoms with van der Waals surface area (Å²) in [5.41, 5.74) is 2.49. The number of rotatable bonds is 3. The molecular formula is C21H15BrFN3OS. The largest absolute Gasteiger partial charge is 0.317 e. The van der Waals surface area contributed by atoms with Crippen molar-refractivity contribution in [1.82, 2.24) is 9.47 Å². The normalized spacial score (nSPS) is 17.1. The smallest absolute Gasteiger partial charge is 0.266 e. The second kappa shape index (κ2) is 7.77. The summed E-state index contributed by atoms with van der Waals surface area (Å²) >= 11 is 4.79. The molecule has 3 aromatic rings. The van der Waals surface area contributed by atoms with Gasteiger partial charge in [-0.2, -0.15) is 0 Å². The van der Waals surface area contributed by atoms with Gasteiger partial charge in [0, 0.05) is 29.1 Å². The summed E-state index contributed by atoms with van der Waals surface area (Å²) in [5, 5.41) is 0.559. The second-order valence-electron chi connectivity index (χ2n) is 6.13. The highest BCUT2D eigenvalue weighted by Crippen LogP contribution is 2.33. The molecule has 0 atom stereocenters. The van der Waals surface area contributed by atoms with Gasteiger partial charge in [0.25, 0.3) is 5.91 Å². The zero-order chi connectivity index (χ0) is 19.7. The van der Waals surface area contributed by atoms with E-state index >= 15 is 0 Å². The Bertz CT molecular complexity index is 1100. The van der Waals surface area contributed by atoms with Gasteiger partial charge >= 0.3 is 0 Å². The van der Waals surface area contributed by atoms with Crippen LogP contribution in [-0.2, 0) is 4.79 Å². The molecule has 2 heterocycles. The van der Waals surface area contributed by atoms with Crippen LogP contribution in [0.5, 0.6) is 0 Å². The van der Waals surface area contributed by atoms with Gasteiger partial charge in [-0.15, -0.1) is 0 Å². The molecule has 1 saturated heterocycles. The summed E-state index contributed by atoms with van der Waals surface area (Å²) in [4.78, 5) is 19.2. The highest BCUT2D eigenvalue weighted by Gasteiger charge is 2.30. The van der Waals surface area contributed by atoms with Crippen LogP contribution in [0.3, 0.4) is 0 Å². The van der Waals surface area contributed by atoms with Crippen LogP contribution >= 0.6 is 27.7 Å². The van der Waals surface area contributed by atoms with E-state index in [9.17, 15) is 9.18 Å². The molecule has 0 N–H and O–H groups in total. The molecule has 0 unspecified atom stereocenters. The highest BCUT2D eigenvalue weighted by molar-refractivity contribution is 9.10. The van der Waals surface area contributed by atoms with Crippen LogP contribution in [0.2, 0.25) is 0 Å². The van der Waals surface area contributed by atoms with Crippen molar-refractivity contribution in [3.8, 4) is 5.69 Å². The molecule has 1 aromatic heterocycles. The standard InChI is InChI=1S/C21H15BrFN3OS/c1-25-20(27)19(28-21(25)24-16-9-7-15(23)8-10-16)13-18-6-3-11-26(18)17-5-2-4-14(22)12-17/h2-13H,1H3/b19-13-,24-21?. The summed E-state index contributed by atoms with van der Waals surface area (Å²) in [7, 11) is 1.69. The first-order valence-corrected chi connectivity index (χ1v) is 10.1. The van der Waals surface area contributed by atoms with Crippen LogP contribution in [0.25, 0.3) is 11.8 Å². The zero-order valence-electron chi connectivity index (χ0n) is 14.8. The molecule has 1 aliphatic rings. The number of likely N-dealkylation sites (N-methyl/N-ethyl adjacent to an activating group) is 1. The van der Waals surface area contributed by atoms with Crippen LogP contribution in [0.4, 0.5) is 10.1 Å². The van der Waals surface area contributed by atoms with E-state index in [-0.39, 0.29) is 11.7 Å². The van der Waals surface area contributed by atoms with E-state index in [0.29, 0.717) is 15.8 Å². The molecule has 0 spiro atoms. The van der Waals surface area contributed by atoms with E-state index in [2.05, 4.69) is 20.9 Å². The molecule has 1 fully saturated rings. The van der Waals surface area contributed by atoms with E-state index in [4.69, 9.17) is 0 Å². The van der Waals surface area contributed by atoms with Crippen molar-refractivity contribution >= 4 is 50.5 Å². The van der Waals surface area contributed by atoms with Crippen molar-refractivity contribution in [2.45, 2.75) is 0 Å². The molecule has 4 rings (SSSR count). The molecule has 140 valence electrons. The van der Waals surface area contributed by atoms with Gasteiger partial charge in [0.1, 0.15) is 5.82 Å². The Morgan fingerprint density at radius 1 is 1.11 bits per heavy atom. The maximum absolute atomic E-state index is 13.1. The van der Waals surface area contributed by atoms with Crippen molar-refractivity contribution in [2.75, 3.05) is 7.05 Å². The first kappa shape index (κ1) is 18.7. The Labute approximate surface area is 174 Å². The topological polar surface area (TPSA) is 37.6 Å². The molecule has 0 radical (unpaired) electrons. The fourth-order valence-electron chi connectivity index (χ4n) is 2.78. The van der Waals surface area contributed by atoms with E-state index in [0.717, 1.165) is 15.9 Å². The van der Waals surface area contributed by atoms with E-state index in [1.165, 1.54) is 28.8 Å². The lowest BCUT2D eigenvalue weighted by molar-refractivity contribution is -0.121. The molecule has 7 heteroatoms. The number of halogens is 2. The molecule has 0 saturated carbocycles. The first-order valence-electron chi connectivity index (χ1n) is 8.46. The summed E-state index contributed by atoms with van der Waals surface area (Å²) in [5.74, 6) is -0.436. The second-order valence-corrected chi connectivity index (χ2v) is 8.05. The molecular weight excluding hydrogens is 441 g/mol. The van der Waals surface area contributed by atoms with Crippen LogP contribution in [-0.4, -0.2) is 27.6 Å². The molecule has 2 aromatic carbocycles. The number of aliphatic imine (C=N–C) groups is 1. The van der Waals surface area contributed by atoms with Gasteiger partial charge in [0.05, 0.1) is 10.6 Å². The third-order valence-corrected chi connectivity index (χ3v) is 5.75. The number of carbonyl (C=O) groups is 1. The lowest BCUT2D eigenvalue weighted by Crippen LogP contribution is -2.23. The Morgan fingerprint density at radius 3 is 2.64 bits per heavy atom. The van der Waals surface area contributed by atoms with E-state index in [1.807, 2.05) is 53.2 Å². The quantitative estimate of drug-likeness (QED) is 0.481. The SMILES string of the molecule is CN1C(=O)/C(=C/c2cccn2-c2cccc(Br)c2)SC1=Nc1ccc(F)cc1. The number of benzene rings is 2. The minimum Gasteiger partial charge on any atom is -0.317 e. The molecule has 4 nitrogen and oxygen atoms in total. The lowest BCUT2D eigenvalue weighted by Gasteiger charge is -2.08. The van der Waals surface area contributed by atoms with Gasteiger partial charge in [-0.05, 0) is 72.4 Å². The minimum absolute atomic E-state index is 0.118. The first-order chi connectivity index (χ1) is 13.5.